The molecule has 5 atom stereocenters. The molecule has 2 saturated heterocycles. The van der Waals surface area contributed by atoms with E-state index < -0.39 is 11.6 Å². The van der Waals surface area contributed by atoms with E-state index >= 15 is 0 Å². The van der Waals surface area contributed by atoms with Gasteiger partial charge in [0.15, 0.2) is 17.3 Å². The Bertz CT molecular complexity index is 1600. The van der Waals surface area contributed by atoms with Crippen LogP contribution in [-0.4, -0.2) is 90.1 Å². The molecule has 0 radical (unpaired) electrons. The number of aromatic nitrogens is 3. The third-order valence-corrected chi connectivity index (χ3v) is 11.5. The second-order valence-electron chi connectivity index (χ2n) is 13.3. The Labute approximate surface area is 262 Å². The maximum Gasteiger partial charge on any atom is 0.219 e. The summed E-state index contributed by atoms with van der Waals surface area (Å²) in [6, 6.07) is 4.70. The number of rotatable bonds is 6. The number of nitrogens with zero attached hydrogens (tertiary/aromatic N) is 7. The number of hydrogen-bond donors (Lipinski definition) is 1. The van der Waals surface area contributed by atoms with Gasteiger partial charge in [-0.1, -0.05) is 5.16 Å². The number of anilines is 2. The van der Waals surface area contributed by atoms with Gasteiger partial charge in [-0.25, -0.2) is 9.37 Å². The molecule has 3 aromatic rings. The van der Waals surface area contributed by atoms with Gasteiger partial charge in [-0.05, 0) is 85.0 Å². The van der Waals surface area contributed by atoms with Crippen molar-refractivity contribution in [2.45, 2.75) is 88.1 Å². The number of aryl methyl sites for hydroxylation is 1. The average molecular weight is 621 g/mol. The normalized spacial score (nSPS) is 27.5. The van der Waals surface area contributed by atoms with Crippen molar-refractivity contribution in [1.29, 1.82) is 5.26 Å². The predicted molar refractivity (Wildman–Crippen MR) is 168 cm³/mol. The van der Waals surface area contributed by atoms with E-state index in [4.69, 9.17) is 25.0 Å². The van der Waals surface area contributed by atoms with Gasteiger partial charge in [-0.3, -0.25) is 4.90 Å². The summed E-state index contributed by atoms with van der Waals surface area (Å²) in [4.78, 5) is 17.7. The second-order valence-corrected chi connectivity index (χ2v) is 14.4. The highest BCUT2D eigenvalue weighted by Gasteiger charge is 2.49. The van der Waals surface area contributed by atoms with E-state index in [9.17, 15) is 9.65 Å². The maximum atomic E-state index is 14.2. The largest absolute Gasteiger partial charge is 0.473 e. The first kappa shape index (κ1) is 29.4. The molecule has 5 heterocycles. The maximum absolute atomic E-state index is 14.2. The molecule has 10 nitrogen and oxygen atoms in total. The summed E-state index contributed by atoms with van der Waals surface area (Å²) < 4.78 is 26.9. The fourth-order valence-corrected chi connectivity index (χ4v) is 9.27. The van der Waals surface area contributed by atoms with Crippen LogP contribution in [0.15, 0.2) is 10.6 Å². The van der Waals surface area contributed by atoms with Crippen LogP contribution < -0.4 is 15.4 Å². The van der Waals surface area contributed by atoms with E-state index in [0.717, 1.165) is 80.7 Å². The number of likely N-dealkylation sites (N-methyl/N-ethyl adjacent to an activating group) is 2. The molecule has 0 amide bonds. The zero-order valence-corrected chi connectivity index (χ0v) is 26.8. The Balaban J connectivity index is 1.29. The van der Waals surface area contributed by atoms with Crippen LogP contribution in [0.1, 0.15) is 72.8 Å². The standard InChI is InChI=1S/C32H41FN8O2S/c1-18(23-13-19(33)16-40(23)4)42-26-14-25(41-12-9-20(17-41)39(2)3)36-31(37-26)28-21-7-5-10-32(29(21)43-38-28)11-6-8-24-27(32)22(15-34)30(35)44-24/h14,18-20,23H,5-13,16-17,35H2,1-4H3/t18-,19+,20-,23-,32-/m0/s1. The fraction of sp³-hybridized carbons (Fsp3) is 0.625. The first-order chi connectivity index (χ1) is 21.2. The van der Waals surface area contributed by atoms with Crippen LogP contribution in [-0.2, 0) is 18.3 Å². The van der Waals surface area contributed by atoms with E-state index in [1.807, 2.05) is 24.9 Å². The van der Waals surface area contributed by atoms with Crippen LogP contribution in [0, 0.1) is 11.3 Å². The third-order valence-electron chi connectivity index (χ3n) is 10.4. The van der Waals surface area contributed by atoms with Crippen molar-refractivity contribution in [2.24, 2.45) is 0 Å². The van der Waals surface area contributed by atoms with Crippen molar-refractivity contribution < 1.29 is 13.7 Å². The number of ether oxygens (including phenoxy) is 1. The van der Waals surface area contributed by atoms with E-state index in [1.165, 1.54) is 16.2 Å². The first-order valence-electron chi connectivity index (χ1n) is 15.8. The predicted octanol–water partition coefficient (Wildman–Crippen LogP) is 4.56. The minimum absolute atomic E-state index is 0.0377. The second kappa shape index (κ2) is 11.3. The van der Waals surface area contributed by atoms with E-state index in [2.05, 4.69) is 35.1 Å². The highest BCUT2D eigenvalue weighted by molar-refractivity contribution is 7.16. The molecule has 0 bridgehead atoms. The summed E-state index contributed by atoms with van der Waals surface area (Å²) in [5.74, 6) is 2.56. The van der Waals surface area contributed by atoms with Gasteiger partial charge in [0.25, 0.3) is 0 Å². The highest BCUT2D eigenvalue weighted by atomic mass is 32.1. The van der Waals surface area contributed by atoms with Gasteiger partial charge >= 0.3 is 0 Å². The molecule has 2 fully saturated rings. The van der Waals surface area contributed by atoms with Crippen molar-refractivity contribution in [3.8, 4) is 23.5 Å². The number of nitriles is 1. The molecule has 0 unspecified atom stereocenters. The minimum Gasteiger partial charge on any atom is -0.473 e. The first-order valence-corrected chi connectivity index (χ1v) is 16.6. The van der Waals surface area contributed by atoms with Gasteiger partial charge in [0.2, 0.25) is 5.88 Å². The zero-order chi connectivity index (χ0) is 30.7. The van der Waals surface area contributed by atoms with Crippen molar-refractivity contribution >= 4 is 22.2 Å². The third kappa shape index (κ3) is 4.84. The van der Waals surface area contributed by atoms with Crippen molar-refractivity contribution in [3.05, 3.63) is 33.4 Å². The highest BCUT2D eigenvalue weighted by Crippen LogP contribution is 2.55. The van der Waals surface area contributed by atoms with E-state index in [1.54, 1.807) is 0 Å². The molecule has 12 heteroatoms. The van der Waals surface area contributed by atoms with Gasteiger partial charge in [0.05, 0.1) is 11.0 Å². The summed E-state index contributed by atoms with van der Waals surface area (Å²) in [5.41, 5.74) is 9.21. The number of hydrogen-bond acceptors (Lipinski definition) is 11. The lowest BCUT2D eigenvalue weighted by molar-refractivity contribution is 0.117. The summed E-state index contributed by atoms with van der Waals surface area (Å²) in [6.07, 6.45) is 5.83. The number of halogens is 1. The van der Waals surface area contributed by atoms with E-state index in [-0.39, 0.29) is 12.1 Å². The Kier molecular flexibility index (Phi) is 7.54. The van der Waals surface area contributed by atoms with Gasteiger partial charge in [-0.2, -0.15) is 10.2 Å². The van der Waals surface area contributed by atoms with Gasteiger partial charge in [0, 0.05) is 48.2 Å². The monoisotopic (exact) mass is 620 g/mol. The topological polar surface area (TPSA) is 121 Å². The van der Waals surface area contributed by atoms with E-state index in [0.29, 0.717) is 47.0 Å². The lowest BCUT2D eigenvalue weighted by Gasteiger charge is -2.39. The number of alkyl halides is 1. The van der Waals surface area contributed by atoms with Crippen LogP contribution in [0.3, 0.4) is 0 Å². The lowest BCUT2D eigenvalue weighted by atomic mass is 9.63. The lowest BCUT2D eigenvalue weighted by Crippen LogP contribution is -2.38. The summed E-state index contributed by atoms with van der Waals surface area (Å²) in [6.45, 7) is 4.13. The number of nitrogens with two attached hydrogens (primary N) is 1. The van der Waals surface area contributed by atoms with Gasteiger partial charge in [0.1, 0.15) is 29.2 Å². The molecule has 2 aliphatic carbocycles. The van der Waals surface area contributed by atoms with Crippen molar-refractivity contribution in [1.82, 2.24) is 24.9 Å². The molecular weight excluding hydrogens is 579 g/mol. The Morgan fingerprint density at radius 1 is 1.25 bits per heavy atom. The fourth-order valence-electron chi connectivity index (χ4n) is 8.11. The average Bonchev–Trinajstić information content (AvgIpc) is 3.78. The SMILES string of the molecule is C[C@H](Oc1cc(N2CC[C@H](N(C)C)C2)nc(-c2noc3c2CCC[C@@]32CCCc3sc(N)c(C#N)c32)n1)[C@@H]1C[C@@H](F)CN1C. The molecule has 0 saturated carbocycles. The smallest absolute Gasteiger partial charge is 0.219 e. The van der Waals surface area contributed by atoms with Crippen molar-refractivity contribution in [3.63, 3.8) is 0 Å². The summed E-state index contributed by atoms with van der Waals surface area (Å²) in [7, 11) is 6.16. The molecule has 234 valence electrons. The summed E-state index contributed by atoms with van der Waals surface area (Å²) >= 11 is 1.54. The Morgan fingerprint density at radius 2 is 2.05 bits per heavy atom. The van der Waals surface area contributed by atoms with Gasteiger partial charge < -0.3 is 24.8 Å². The van der Waals surface area contributed by atoms with Crippen LogP contribution in [0.25, 0.3) is 11.5 Å². The van der Waals surface area contributed by atoms with Gasteiger partial charge in [-0.15, -0.1) is 11.3 Å². The minimum atomic E-state index is -0.852. The Morgan fingerprint density at radius 3 is 2.75 bits per heavy atom. The van der Waals surface area contributed by atoms with Crippen molar-refractivity contribution in [2.75, 3.05) is 51.4 Å². The molecule has 44 heavy (non-hydrogen) atoms. The molecule has 2 N–H and O–H groups in total. The van der Waals surface area contributed by atoms with Crippen LogP contribution >= 0.6 is 11.3 Å². The molecule has 4 aliphatic rings. The molecule has 0 aromatic carbocycles. The zero-order valence-electron chi connectivity index (χ0n) is 26.0. The van der Waals surface area contributed by atoms with Crippen LogP contribution in [0.5, 0.6) is 5.88 Å². The number of fused-ring (bicyclic) bond motifs is 4. The number of thiophene rings is 1. The molecule has 1 spiro atoms. The number of likely N-dealkylation sites (tertiary alicyclic amines) is 1. The molecule has 3 aromatic heterocycles. The molecular formula is C32H41FN8O2S. The summed E-state index contributed by atoms with van der Waals surface area (Å²) in [5, 5.41) is 15.3. The number of nitrogen functional groups attached to an aromatic ring is 1. The molecule has 2 aliphatic heterocycles. The Hall–Kier alpha value is -3.27. The molecule has 7 rings (SSSR count). The quantitative estimate of drug-likeness (QED) is 0.420. The van der Waals surface area contributed by atoms with Crippen LogP contribution in [0.2, 0.25) is 0 Å². The van der Waals surface area contributed by atoms with Crippen LogP contribution in [0.4, 0.5) is 15.2 Å².